The Bertz CT molecular complexity index is 872. The maximum absolute atomic E-state index is 14.3. The van der Waals surface area contributed by atoms with Crippen LogP contribution in [0.25, 0.3) is 11.0 Å². The average molecular weight is 349 g/mol. The Kier molecular flexibility index (Phi) is 4.47. The number of carboxylic acid groups (broad SMARTS) is 1. The lowest BCUT2D eigenvalue weighted by molar-refractivity contribution is -0.153. The van der Waals surface area contributed by atoms with E-state index < -0.39 is 17.2 Å². The van der Waals surface area contributed by atoms with E-state index in [9.17, 15) is 19.1 Å². The zero-order chi connectivity index (χ0) is 18.2. The van der Waals surface area contributed by atoms with Crippen molar-refractivity contribution < 1.29 is 19.0 Å². The van der Waals surface area contributed by atoms with Crippen LogP contribution in [0.4, 0.5) is 4.39 Å². The number of aliphatic carboxylic acids is 1. The number of aryl methyl sites for hydroxylation is 1. The number of hydrogen-bond donors (Lipinski definition) is 2. The van der Waals surface area contributed by atoms with Gasteiger partial charge in [-0.2, -0.15) is 0 Å². The quantitative estimate of drug-likeness (QED) is 0.864. The molecule has 134 valence electrons. The summed E-state index contributed by atoms with van der Waals surface area (Å²) in [6.45, 7) is -0.186. The molecule has 0 atom stereocenters. The second kappa shape index (κ2) is 6.44. The van der Waals surface area contributed by atoms with Crippen LogP contribution in [0.2, 0.25) is 0 Å². The Hall–Kier alpha value is -2.48. The molecule has 0 aliphatic heterocycles. The Labute approximate surface area is 143 Å². The topological polar surface area (TPSA) is 107 Å². The van der Waals surface area contributed by atoms with Crippen LogP contribution in [0.1, 0.15) is 25.7 Å². The molecule has 0 unspecified atom stereocenters. The first-order valence-corrected chi connectivity index (χ1v) is 8.10. The lowest BCUT2D eigenvalue weighted by Crippen LogP contribution is -2.43. The highest BCUT2D eigenvalue weighted by Gasteiger charge is 2.42. The van der Waals surface area contributed by atoms with Gasteiger partial charge in [0.25, 0.3) is 5.56 Å². The van der Waals surface area contributed by atoms with Crippen LogP contribution in [0.5, 0.6) is 5.75 Å². The van der Waals surface area contributed by atoms with E-state index in [2.05, 4.69) is 4.98 Å². The molecular weight excluding hydrogens is 329 g/mol. The van der Waals surface area contributed by atoms with Gasteiger partial charge in [0.15, 0.2) is 11.6 Å². The highest BCUT2D eigenvalue weighted by Crippen LogP contribution is 2.38. The van der Waals surface area contributed by atoms with E-state index in [1.807, 2.05) is 0 Å². The van der Waals surface area contributed by atoms with E-state index in [1.165, 1.54) is 23.7 Å². The molecule has 0 amide bonds. The Balaban J connectivity index is 1.97. The third-order valence-corrected chi connectivity index (χ3v) is 4.98. The lowest BCUT2D eigenvalue weighted by atomic mass is 9.73. The molecular formula is C17H20FN3O4. The van der Waals surface area contributed by atoms with E-state index in [-0.39, 0.29) is 29.5 Å². The van der Waals surface area contributed by atoms with Gasteiger partial charge in [0.2, 0.25) is 0 Å². The molecule has 1 aliphatic rings. The highest BCUT2D eigenvalue weighted by molar-refractivity contribution is 5.81. The van der Waals surface area contributed by atoms with Crippen molar-refractivity contribution in [2.24, 2.45) is 18.2 Å². The van der Waals surface area contributed by atoms with Crippen LogP contribution in [-0.2, 0) is 11.8 Å². The molecule has 2 heterocycles. The molecule has 1 aliphatic carbocycles. The number of nitrogens with two attached hydrogens (primary N) is 1. The second-order valence-corrected chi connectivity index (χ2v) is 6.61. The van der Waals surface area contributed by atoms with Crippen LogP contribution in [-0.4, -0.2) is 33.3 Å². The summed E-state index contributed by atoms with van der Waals surface area (Å²) in [5.74, 6) is -1.87. The van der Waals surface area contributed by atoms with E-state index in [4.69, 9.17) is 10.5 Å². The average Bonchev–Trinajstić information content (AvgIpc) is 2.59. The molecule has 2 aromatic heterocycles. The van der Waals surface area contributed by atoms with E-state index in [0.717, 1.165) is 6.20 Å². The van der Waals surface area contributed by atoms with Crippen molar-refractivity contribution in [2.45, 2.75) is 31.7 Å². The van der Waals surface area contributed by atoms with E-state index >= 15 is 0 Å². The third kappa shape index (κ3) is 3.09. The summed E-state index contributed by atoms with van der Waals surface area (Å²) in [4.78, 5) is 27.6. The van der Waals surface area contributed by atoms with E-state index in [0.29, 0.717) is 31.2 Å². The Morgan fingerprint density at radius 3 is 2.80 bits per heavy atom. The maximum atomic E-state index is 14.3. The number of halogens is 1. The molecule has 7 nitrogen and oxygen atoms in total. The number of carboxylic acids is 1. The van der Waals surface area contributed by atoms with Gasteiger partial charge in [0.05, 0.1) is 11.7 Å². The van der Waals surface area contributed by atoms with Gasteiger partial charge < -0.3 is 20.1 Å². The van der Waals surface area contributed by atoms with Crippen LogP contribution in [0.3, 0.4) is 0 Å². The number of rotatable bonds is 4. The zero-order valence-corrected chi connectivity index (χ0v) is 13.9. The summed E-state index contributed by atoms with van der Waals surface area (Å²) in [5, 5.41) is 9.65. The molecule has 3 N–H and O–H groups in total. The summed E-state index contributed by atoms with van der Waals surface area (Å²) in [7, 11) is 1.49. The standard InChI is InChI=1S/C17H20FN3O4/c1-21-13(22)3-2-12-14(21)15(11(18)8-20-12)25-9-17(16(23)24)6-4-10(19)5-7-17/h2-3,8,10H,4-7,9,19H2,1H3,(H,23,24)/t10-,17-. The molecule has 0 spiro atoms. The first-order valence-electron chi connectivity index (χ1n) is 8.10. The van der Waals surface area contributed by atoms with E-state index in [1.54, 1.807) is 0 Å². The van der Waals surface area contributed by atoms with Gasteiger partial charge >= 0.3 is 5.97 Å². The molecule has 25 heavy (non-hydrogen) atoms. The SMILES string of the molecule is Cn1c(=O)ccc2ncc(F)c(OC[C@]3(C(=O)O)CC[C@H](N)CC3)c21. The molecule has 3 rings (SSSR count). The van der Waals surface area contributed by atoms with Gasteiger partial charge in [-0.15, -0.1) is 0 Å². The minimum absolute atomic E-state index is 0.0215. The van der Waals surface area contributed by atoms with Crippen molar-refractivity contribution in [2.75, 3.05) is 6.61 Å². The summed E-state index contributed by atoms with van der Waals surface area (Å²) in [6, 6.07) is 2.79. The Morgan fingerprint density at radius 1 is 1.48 bits per heavy atom. The minimum Gasteiger partial charge on any atom is -0.487 e. The van der Waals surface area contributed by atoms with Crippen molar-refractivity contribution in [1.29, 1.82) is 0 Å². The summed E-state index contributed by atoms with van der Waals surface area (Å²) in [6.07, 6.45) is 2.90. The highest BCUT2D eigenvalue weighted by atomic mass is 19.1. The predicted molar refractivity (Wildman–Crippen MR) is 88.9 cm³/mol. The first kappa shape index (κ1) is 17.3. The smallest absolute Gasteiger partial charge is 0.313 e. The van der Waals surface area contributed by atoms with Gasteiger partial charge in [0, 0.05) is 19.2 Å². The number of fused-ring (bicyclic) bond motifs is 1. The Morgan fingerprint density at radius 2 is 2.16 bits per heavy atom. The lowest BCUT2D eigenvalue weighted by Gasteiger charge is -2.35. The van der Waals surface area contributed by atoms with Crippen LogP contribution >= 0.6 is 0 Å². The summed E-state index contributed by atoms with van der Waals surface area (Å²) in [5.41, 5.74) is 5.03. The normalized spacial score (nSPS) is 23.6. The third-order valence-electron chi connectivity index (χ3n) is 4.98. The number of ether oxygens (including phenoxy) is 1. The number of aromatic nitrogens is 2. The fourth-order valence-corrected chi connectivity index (χ4v) is 3.25. The maximum Gasteiger partial charge on any atom is 0.313 e. The number of hydrogen-bond acceptors (Lipinski definition) is 5. The van der Waals surface area contributed by atoms with Crippen LogP contribution in [0, 0.1) is 11.2 Å². The minimum atomic E-state index is -1.11. The molecule has 0 bridgehead atoms. The van der Waals surface area contributed by atoms with Crippen molar-refractivity contribution in [3.8, 4) is 5.75 Å². The molecule has 0 aromatic carbocycles. The number of pyridine rings is 2. The van der Waals surface area contributed by atoms with Crippen molar-refractivity contribution in [3.05, 3.63) is 34.5 Å². The molecule has 1 fully saturated rings. The number of carbonyl (C=O) groups is 1. The van der Waals surface area contributed by atoms with Gasteiger partial charge in [-0.25, -0.2) is 4.39 Å². The van der Waals surface area contributed by atoms with Crippen LogP contribution in [0.15, 0.2) is 23.1 Å². The van der Waals surface area contributed by atoms with Crippen molar-refractivity contribution in [1.82, 2.24) is 9.55 Å². The molecule has 8 heteroatoms. The zero-order valence-electron chi connectivity index (χ0n) is 13.9. The van der Waals surface area contributed by atoms with Gasteiger partial charge in [-0.05, 0) is 31.7 Å². The van der Waals surface area contributed by atoms with Gasteiger partial charge in [0.1, 0.15) is 17.5 Å². The molecule has 2 aromatic rings. The van der Waals surface area contributed by atoms with Crippen molar-refractivity contribution in [3.63, 3.8) is 0 Å². The summed E-state index contributed by atoms with van der Waals surface area (Å²) >= 11 is 0. The first-order chi connectivity index (χ1) is 11.8. The molecule has 0 radical (unpaired) electrons. The molecule has 1 saturated carbocycles. The monoisotopic (exact) mass is 349 g/mol. The fourth-order valence-electron chi connectivity index (χ4n) is 3.25. The second-order valence-electron chi connectivity index (χ2n) is 6.61. The summed E-state index contributed by atoms with van der Waals surface area (Å²) < 4.78 is 21.2. The van der Waals surface area contributed by atoms with Gasteiger partial charge in [-0.3, -0.25) is 14.6 Å². The largest absolute Gasteiger partial charge is 0.487 e. The predicted octanol–water partition coefficient (Wildman–Crippen LogP) is 1.42. The van der Waals surface area contributed by atoms with Gasteiger partial charge in [-0.1, -0.05) is 0 Å². The number of nitrogens with zero attached hydrogens (tertiary/aromatic N) is 2. The fraction of sp³-hybridized carbons (Fsp3) is 0.471. The van der Waals surface area contributed by atoms with Crippen molar-refractivity contribution >= 4 is 17.0 Å². The van der Waals surface area contributed by atoms with Crippen LogP contribution < -0.4 is 16.0 Å². The molecule has 0 saturated heterocycles.